The molecule has 3 rings (SSSR count). The van der Waals surface area contributed by atoms with Crippen molar-refractivity contribution in [1.82, 2.24) is 4.90 Å². The molecule has 1 atom stereocenters. The Hall–Kier alpha value is -2.92. The predicted octanol–water partition coefficient (Wildman–Crippen LogP) is 2.38. The molecule has 1 aliphatic rings. The summed E-state index contributed by atoms with van der Waals surface area (Å²) in [6.07, 6.45) is 3.00. The van der Waals surface area contributed by atoms with Crippen LogP contribution in [0.1, 0.15) is 28.7 Å². The summed E-state index contributed by atoms with van der Waals surface area (Å²) in [5.41, 5.74) is 6.70. The van der Waals surface area contributed by atoms with Gasteiger partial charge in [0.15, 0.2) is 13.1 Å². The first-order chi connectivity index (χ1) is 14.3. The van der Waals surface area contributed by atoms with Crippen LogP contribution in [0.5, 0.6) is 0 Å². The molecule has 0 aliphatic carbocycles. The first-order valence-corrected chi connectivity index (χ1v) is 10.5. The highest BCUT2D eigenvalue weighted by molar-refractivity contribution is 5.93. The van der Waals surface area contributed by atoms with Gasteiger partial charge in [0.25, 0.3) is 11.8 Å². The Balaban J connectivity index is 1.50. The van der Waals surface area contributed by atoms with E-state index >= 15 is 0 Å². The summed E-state index contributed by atoms with van der Waals surface area (Å²) in [4.78, 5) is 27.9. The number of benzene rings is 2. The standard InChI is InChI=1S/C25H31N3O2/c1-18-14-19(2)25(20(3)15-18)26-23(29)16-27(4)17-24(30)28-12-10-22(11-13-28)21-8-6-5-7-9-21/h5-10,14-15H,11-13,16-17H2,1-4H3,(H,26,29)/p+1. The van der Waals surface area contributed by atoms with Crippen molar-refractivity contribution < 1.29 is 14.5 Å². The summed E-state index contributed by atoms with van der Waals surface area (Å²) in [6, 6.07) is 14.4. The average molecular weight is 407 g/mol. The van der Waals surface area contributed by atoms with E-state index in [1.54, 1.807) is 0 Å². The van der Waals surface area contributed by atoms with Gasteiger partial charge in [-0.3, -0.25) is 9.59 Å². The molecular weight excluding hydrogens is 374 g/mol. The van der Waals surface area contributed by atoms with Gasteiger partial charge in [-0.15, -0.1) is 0 Å². The second-order valence-electron chi connectivity index (χ2n) is 8.32. The van der Waals surface area contributed by atoms with Crippen LogP contribution < -0.4 is 10.2 Å². The number of amides is 2. The van der Waals surface area contributed by atoms with E-state index in [9.17, 15) is 9.59 Å². The van der Waals surface area contributed by atoms with Gasteiger partial charge in [-0.2, -0.15) is 0 Å². The monoisotopic (exact) mass is 406 g/mol. The van der Waals surface area contributed by atoms with Crippen molar-refractivity contribution in [2.75, 3.05) is 38.5 Å². The molecule has 2 aromatic carbocycles. The van der Waals surface area contributed by atoms with E-state index in [4.69, 9.17) is 0 Å². The predicted molar refractivity (Wildman–Crippen MR) is 122 cm³/mol. The number of quaternary nitrogens is 1. The number of rotatable bonds is 6. The summed E-state index contributed by atoms with van der Waals surface area (Å²) >= 11 is 0. The van der Waals surface area contributed by atoms with Crippen molar-refractivity contribution in [3.8, 4) is 0 Å². The molecule has 0 spiro atoms. The van der Waals surface area contributed by atoms with Crippen LogP contribution in [0.3, 0.4) is 0 Å². The number of carbonyl (C=O) groups is 2. The first-order valence-electron chi connectivity index (χ1n) is 10.5. The van der Waals surface area contributed by atoms with E-state index in [2.05, 4.69) is 35.7 Å². The highest BCUT2D eigenvalue weighted by Gasteiger charge is 2.22. The van der Waals surface area contributed by atoms with E-state index in [0.717, 1.165) is 34.7 Å². The smallest absolute Gasteiger partial charge is 0.279 e. The van der Waals surface area contributed by atoms with Crippen LogP contribution in [-0.2, 0) is 9.59 Å². The molecular formula is C25H32N3O2+. The van der Waals surface area contributed by atoms with Gasteiger partial charge < -0.3 is 15.1 Å². The minimum atomic E-state index is -0.0692. The molecule has 0 saturated heterocycles. The van der Waals surface area contributed by atoms with E-state index in [1.165, 1.54) is 16.7 Å². The summed E-state index contributed by atoms with van der Waals surface area (Å²) < 4.78 is 0. The summed E-state index contributed by atoms with van der Waals surface area (Å²) in [7, 11) is 1.89. The molecule has 2 aromatic rings. The van der Waals surface area contributed by atoms with Gasteiger partial charge in [0.2, 0.25) is 0 Å². The molecule has 0 fully saturated rings. The number of carbonyl (C=O) groups excluding carboxylic acids is 2. The van der Waals surface area contributed by atoms with Crippen molar-refractivity contribution in [2.45, 2.75) is 27.2 Å². The zero-order chi connectivity index (χ0) is 21.7. The molecule has 1 unspecified atom stereocenters. The average Bonchev–Trinajstić information content (AvgIpc) is 2.71. The van der Waals surface area contributed by atoms with Crippen molar-refractivity contribution >= 4 is 23.1 Å². The van der Waals surface area contributed by atoms with E-state index in [-0.39, 0.29) is 18.4 Å². The number of nitrogens with one attached hydrogen (secondary N) is 2. The quantitative estimate of drug-likeness (QED) is 0.774. The van der Waals surface area contributed by atoms with E-state index in [1.807, 2.05) is 50.9 Å². The lowest BCUT2D eigenvalue weighted by Crippen LogP contribution is -3.11. The van der Waals surface area contributed by atoms with Gasteiger partial charge in [0.1, 0.15) is 0 Å². The zero-order valence-electron chi connectivity index (χ0n) is 18.4. The number of hydrogen-bond acceptors (Lipinski definition) is 2. The van der Waals surface area contributed by atoms with Crippen LogP contribution >= 0.6 is 0 Å². The van der Waals surface area contributed by atoms with Crippen LogP contribution in [0.2, 0.25) is 0 Å². The molecule has 0 bridgehead atoms. The third-order valence-electron chi connectivity index (χ3n) is 5.56. The molecule has 5 heteroatoms. The Morgan fingerprint density at radius 1 is 1.03 bits per heavy atom. The third kappa shape index (κ3) is 5.57. The number of anilines is 1. The summed E-state index contributed by atoms with van der Waals surface area (Å²) in [5, 5.41) is 3.02. The zero-order valence-corrected chi connectivity index (χ0v) is 18.4. The molecule has 1 heterocycles. The van der Waals surface area contributed by atoms with E-state index < -0.39 is 0 Å². The molecule has 5 nitrogen and oxygen atoms in total. The Kier molecular flexibility index (Phi) is 7.06. The highest BCUT2D eigenvalue weighted by atomic mass is 16.2. The van der Waals surface area contributed by atoms with E-state index in [0.29, 0.717) is 13.1 Å². The van der Waals surface area contributed by atoms with Gasteiger partial charge in [-0.1, -0.05) is 54.1 Å². The lowest BCUT2D eigenvalue weighted by atomic mass is 9.99. The fourth-order valence-electron chi connectivity index (χ4n) is 4.08. The van der Waals surface area contributed by atoms with Crippen molar-refractivity contribution in [3.63, 3.8) is 0 Å². The molecule has 158 valence electrons. The first kappa shape index (κ1) is 21.8. The van der Waals surface area contributed by atoms with Gasteiger partial charge in [0.05, 0.1) is 7.05 Å². The molecule has 2 N–H and O–H groups in total. The molecule has 0 saturated carbocycles. The van der Waals surface area contributed by atoms with Crippen molar-refractivity contribution in [1.29, 1.82) is 0 Å². The van der Waals surface area contributed by atoms with Crippen LogP contribution in [0, 0.1) is 20.8 Å². The number of aryl methyl sites for hydroxylation is 3. The van der Waals surface area contributed by atoms with Gasteiger partial charge in [0, 0.05) is 18.8 Å². The lowest BCUT2D eigenvalue weighted by Gasteiger charge is -2.27. The third-order valence-corrected chi connectivity index (χ3v) is 5.56. The maximum atomic E-state index is 12.7. The number of hydrogen-bond donors (Lipinski definition) is 2. The SMILES string of the molecule is Cc1cc(C)c(NC(=O)C[NH+](C)CC(=O)N2CC=C(c3ccccc3)CC2)c(C)c1. The fraction of sp³-hybridized carbons (Fsp3) is 0.360. The number of nitrogens with zero attached hydrogens (tertiary/aromatic N) is 1. The molecule has 0 aromatic heterocycles. The van der Waals surface area contributed by atoms with Gasteiger partial charge in [-0.25, -0.2) is 0 Å². The highest BCUT2D eigenvalue weighted by Crippen LogP contribution is 2.22. The molecule has 1 aliphatic heterocycles. The second-order valence-corrected chi connectivity index (χ2v) is 8.32. The minimum Gasteiger partial charge on any atom is -0.334 e. The summed E-state index contributed by atoms with van der Waals surface area (Å²) in [5.74, 6) is 0.0200. The number of likely N-dealkylation sites (N-methyl/N-ethyl adjacent to an activating group) is 1. The fourth-order valence-corrected chi connectivity index (χ4v) is 4.08. The van der Waals surface area contributed by atoms with Gasteiger partial charge in [-0.05, 0) is 49.5 Å². The Morgan fingerprint density at radius 2 is 1.70 bits per heavy atom. The second kappa shape index (κ2) is 9.72. The van der Waals surface area contributed by atoms with Crippen LogP contribution in [-0.4, -0.2) is 49.9 Å². The molecule has 30 heavy (non-hydrogen) atoms. The largest absolute Gasteiger partial charge is 0.334 e. The molecule has 0 radical (unpaired) electrons. The maximum absolute atomic E-state index is 12.7. The lowest BCUT2D eigenvalue weighted by molar-refractivity contribution is -0.862. The Labute approximate surface area is 179 Å². The van der Waals surface area contributed by atoms with Crippen molar-refractivity contribution in [2.24, 2.45) is 0 Å². The molecule has 2 amide bonds. The van der Waals surface area contributed by atoms with Gasteiger partial charge >= 0.3 is 0 Å². The normalized spacial score (nSPS) is 14.8. The van der Waals surface area contributed by atoms with Crippen molar-refractivity contribution in [3.05, 3.63) is 70.8 Å². The Bertz CT molecular complexity index is 927. The minimum absolute atomic E-state index is 0.0692. The topological polar surface area (TPSA) is 53.9 Å². The van der Waals surface area contributed by atoms with Crippen LogP contribution in [0.25, 0.3) is 5.57 Å². The maximum Gasteiger partial charge on any atom is 0.279 e. The Morgan fingerprint density at radius 3 is 2.30 bits per heavy atom. The van der Waals surface area contributed by atoms with Crippen LogP contribution in [0.4, 0.5) is 5.69 Å². The summed E-state index contributed by atoms with van der Waals surface area (Å²) in [6.45, 7) is 7.98. The van der Waals surface area contributed by atoms with Crippen LogP contribution in [0.15, 0.2) is 48.5 Å².